The minimum Gasteiger partial charge on any atom is -0.415 e. The number of carbonyl (C=O) groups excluding carboxylic acids is 2. The van der Waals surface area contributed by atoms with Crippen molar-refractivity contribution >= 4 is 23.7 Å². The number of amides is 3. The predicted octanol–water partition coefficient (Wildman–Crippen LogP) is 0.245. The normalized spacial score (nSPS) is 11.2. The first kappa shape index (κ1) is 15.4. The van der Waals surface area contributed by atoms with E-state index in [0.717, 1.165) is 11.8 Å². The molecule has 0 atom stereocenters. The Morgan fingerprint density at radius 1 is 1.37 bits per heavy atom. The second-order valence-corrected chi connectivity index (χ2v) is 5.63. The number of imide groups is 1. The lowest BCUT2D eigenvalue weighted by Crippen LogP contribution is -2.48. The van der Waals surface area contributed by atoms with Gasteiger partial charge in [0, 0.05) is 5.54 Å². The van der Waals surface area contributed by atoms with Gasteiger partial charge in [-0.25, -0.2) is 4.79 Å². The van der Waals surface area contributed by atoms with Crippen LogP contribution in [-0.2, 0) is 11.3 Å². The zero-order valence-electron chi connectivity index (χ0n) is 11.0. The molecule has 0 radical (unpaired) electrons. The molecule has 0 spiro atoms. The maximum absolute atomic E-state index is 11.5. The summed E-state index contributed by atoms with van der Waals surface area (Å²) in [6.07, 6.45) is 0. The first-order chi connectivity index (χ1) is 8.80. The van der Waals surface area contributed by atoms with Gasteiger partial charge in [-0.05, 0) is 20.8 Å². The number of urea groups is 1. The van der Waals surface area contributed by atoms with Gasteiger partial charge in [-0.15, -0.1) is 10.2 Å². The summed E-state index contributed by atoms with van der Waals surface area (Å²) in [4.78, 5) is 22.9. The maximum atomic E-state index is 11.5. The van der Waals surface area contributed by atoms with Gasteiger partial charge < -0.3 is 15.5 Å². The summed E-state index contributed by atoms with van der Waals surface area (Å²) in [5, 5.41) is 12.4. The van der Waals surface area contributed by atoms with Gasteiger partial charge in [-0.3, -0.25) is 10.1 Å². The highest BCUT2D eigenvalue weighted by atomic mass is 32.2. The van der Waals surface area contributed by atoms with E-state index in [-0.39, 0.29) is 17.5 Å². The summed E-state index contributed by atoms with van der Waals surface area (Å²) in [6.45, 7) is 5.60. The maximum Gasteiger partial charge on any atom is 0.321 e. The third kappa shape index (κ3) is 6.20. The Balaban J connectivity index is 2.33. The number of aromatic nitrogens is 2. The van der Waals surface area contributed by atoms with Gasteiger partial charge in [0.2, 0.25) is 11.8 Å². The van der Waals surface area contributed by atoms with E-state index in [2.05, 4.69) is 20.8 Å². The SMILES string of the molecule is CC(C)(C)NC(=O)NC(=O)CSc1nnc(CN)o1. The van der Waals surface area contributed by atoms with Crippen LogP contribution in [0.2, 0.25) is 0 Å². The summed E-state index contributed by atoms with van der Waals surface area (Å²) in [6, 6.07) is -0.536. The molecule has 1 heterocycles. The van der Waals surface area contributed by atoms with E-state index in [4.69, 9.17) is 10.2 Å². The number of carbonyl (C=O) groups is 2. The molecule has 0 saturated carbocycles. The zero-order chi connectivity index (χ0) is 14.5. The van der Waals surface area contributed by atoms with Crippen molar-refractivity contribution in [3.8, 4) is 0 Å². The Kier molecular flexibility index (Phi) is 5.31. The van der Waals surface area contributed by atoms with Crippen molar-refractivity contribution in [2.75, 3.05) is 5.75 Å². The van der Waals surface area contributed by atoms with Gasteiger partial charge in [-0.2, -0.15) is 0 Å². The van der Waals surface area contributed by atoms with Crippen LogP contribution >= 0.6 is 11.8 Å². The fourth-order valence-electron chi connectivity index (χ4n) is 1.04. The van der Waals surface area contributed by atoms with Gasteiger partial charge in [0.15, 0.2) is 0 Å². The van der Waals surface area contributed by atoms with Crippen LogP contribution in [0.3, 0.4) is 0 Å². The number of nitrogens with one attached hydrogen (secondary N) is 2. The Morgan fingerprint density at radius 3 is 2.58 bits per heavy atom. The van der Waals surface area contributed by atoms with Crippen LogP contribution in [0, 0.1) is 0 Å². The van der Waals surface area contributed by atoms with Gasteiger partial charge in [-0.1, -0.05) is 11.8 Å². The van der Waals surface area contributed by atoms with Gasteiger partial charge in [0.05, 0.1) is 12.3 Å². The van der Waals surface area contributed by atoms with Crippen molar-refractivity contribution in [1.29, 1.82) is 0 Å². The number of nitrogens with zero attached hydrogens (tertiary/aromatic N) is 2. The molecule has 0 aliphatic heterocycles. The molecule has 4 N–H and O–H groups in total. The molecule has 0 aliphatic carbocycles. The molecule has 0 bridgehead atoms. The molecule has 19 heavy (non-hydrogen) atoms. The average molecular weight is 287 g/mol. The molecule has 106 valence electrons. The molecule has 0 unspecified atom stereocenters. The first-order valence-electron chi connectivity index (χ1n) is 5.57. The molecular weight excluding hydrogens is 270 g/mol. The highest BCUT2D eigenvalue weighted by molar-refractivity contribution is 7.99. The summed E-state index contributed by atoms with van der Waals surface area (Å²) >= 11 is 1.04. The highest BCUT2D eigenvalue weighted by Gasteiger charge is 2.16. The summed E-state index contributed by atoms with van der Waals surface area (Å²) in [7, 11) is 0. The molecule has 1 aromatic rings. The number of rotatable bonds is 4. The lowest BCUT2D eigenvalue weighted by molar-refractivity contribution is -0.117. The Labute approximate surface area is 114 Å². The Morgan fingerprint density at radius 2 is 2.05 bits per heavy atom. The van der Waals surface area contributed by atoms with Crippen LogP contribution in [0.25, 0.3) is 0 Å². The van der Waals surface area contributed by atoms with Crippen molar-refractivity contribution in [1.82, 2.24) is 20.8 Å². The third-order valence-corrected chi connectivity index (χ3v) is 2.51. The largest absolute Gasteiger partial charge is 0.415 e. The van der Waals surface area contributed by atoms with E-state index < -0.39 is 17.5 Å². The zero-order valence-corrected chi connectivity index (χ0v) is 11.8. The molecule has 0 saturated heterocycles. The molecule has 8 nitrogen and oxygen atoms in total. The van der Waals surface area contributed by atoms with E-state index in [0.29, 0.717) is 5.89 Å². The second-order valence-electron chi connectivity index (χ2n) is 4.71. The Hall–Kier alpha value is -1.61. The molecular formula is C10H17N5O3S. The van der Waals surface area contributed by atoms with E-state index >= 15 is 0 Å². The van der Waals surface area contributed by atoms with E-state index in [9.17, 15) is 9.59 Å². The van der Waals surface area contributed by atoms with Crippen LogP contribution in [0.1, 0.15) is 26.7 Å². The number of hydrogen-bond donors (Lipinski definition) is 3. The summed E-state index contributed by atoms with van der Waals surface area (Å²) in [5.41, 5.74) is 4.90. The molecule has 1 aromatic heterocycles. The van der Waals surface area contributed by atoms with E-state index in [1.54, 1.807) is 0 Å². The summed E-state index contributed by atoms with van der Waals surface area (Å²) < 4.78 is 5.10. The van der Waals surface area contributed by atoms with Crippen molar-refractivity contribution in [2.45, 2.75) is 38.1 Å². The quantitative estimate of drug-likeness (QED) is 0.678. The predicted molar refractivity (Wildman–Crippen MR) is 69.3 cm³/mol. The van der Waals surface area contributed by atoms with Crippen molar-refractivity contribution in [3.63, 3.8) is 0 Å². The second kappa shape index (κ2) is 6.53. The van der Waals surface area contributed by atoms with Crippen LogP contribution in [0.5, 0.6) is 0 Å². The third-order valence-electron chi connectivity index (χ3n) is 1.69. The standard InChI is InChI=1S/C10H17N5O3S/c1-10(2,3)13-8(17)12-6(16)5-19-9-15-14-7(4-11)18-9/h4-5,11H2,1-3H3,(H2,12,13,16,17). The summed E-state index contributed by atoms with van der Waals surface area (Å²) in [5.74, 6) is -0.142. The van der Waals surface area contributed by atoms with E-state index in [1.165, 1.54) is 0 Å². The number of thioether (sulfide) groups is 1. The Bertz CT molecular complexity index is 454. The smallest absolute Gasteiger partial charge is 0.321 e. The van der Waals surface area contributed by atoms with Crippen LogP contribution in [-0.4, -0.2) is 33.4 Å². The van der Waals surface area contributed by atoms with Crippen molar-refractivity contribution in [2.24, 2.45) is 5.73 Å². The molecule has 9 heteroatoms. The molecule has 1 rings (SSSR count). The fraction of sp³-hybridized carbons (Fsp3) is 0.600. The minimum atomic E-state index is -0.536. The van der Waals surface area contributed by atoms with Crippen molar-refractivity contribution in [3.05, 3.63) is 5.89 Å². The molecule has 3 amide bonds. The van der Waals surface area contributed by atoms with Crippen molar-refractivity contribution < 1.29 is 14.0 Å². The highest BCUT2D eigenvalue weighted by Crippen LogP contribution is 2.15. The van der Waals surface area contributed by atoms with Crippen LogP contribution in [0.15, 0.2) is 9.64 Å². The first-order valence-corrected chi connectivity index (χ1v) is 6.56. The average Bonchev–Trinajstić information content (AvgIpc) is 2.71. The molecule has 0 fully saturated rings. The van der Waals surface area contributed by atoms with Crippen LogP contribution in [0.4, 0.5) is 4.79 Å². The monoisotopic (exact) mass is 287 g/mol. The molecule has 0 aromatic carbocycles. The molecule has 0 aliphatic rings. The minimum absolute atomic E-state index is 0.00374. The lowest BCUT2D eigenvalue weighted by Gasteiger charge is -2.20. The van der Waals surface area contributed by atoms with Crippen LogP contribution < -0.4 is 16.4 Å². The van der Waals surface area contributed by atoms with Gasteiger partial charge in [0.1, 0.15) is 0 Å². The van der Waals surface area contributed by atoms with Gasteiger partial charge >= 0.3 is 6.03 Å². The number of nitrogens with two attached hydrogens (primary N) is 1. The fourth-order valence-corrected chi connectivity index (χ4v) is 1.62. The lowest BCUT2D eigenvalue weighted by atomic mass is 10.1. The number of hydrogen-bond acceptors (Lipinski definition) is 7. The van der Waals surface area contributed by atoms with Gasteiger partial charge in [0.25, 0.3) is 5.22 Å². The van der Waals surface area contributed by atoms with E-state index in [1.807, 2.05) is 20.8 Å². The topological polar surface area (TPSA) is 123 Å².